The number of hydrogen-bond acceptors (Lipinski definition) is 6. The molecule has 4 rings (SSSR count). The van der Waals surface area contributed by atoms with Crippen molar-refractivity contribution in [2.75, 3.05) is 27.3 Å². The number of piperidine rings is 1. The van der Waals surface area contributed by atoms with E-state index in [1.807, 2.05) is 12.1 Å². The number of nitrogens with zero attached hydrogens (tertiary/aromatic N) is 3. The zero-order valence-electron chi connectivity index (χ0n) is 18.8. The Hall–Kier alpha value is -3.40. The van der Waals surface area contributed by atoms with Crippen LogP contribution in [0.3, 0.4) is 0 Å². The van der Waals surface area contributed by atoms with Gasteiger partial charge in [-0.2, -0.15) is 0 Å². The Balaban J connectivity index is 1.43. The Morgan fingerprint density at radius 1 is 1.03 bits per heavy atom. The molecular formula is C24H24F3N3O4. The Labute approximate surface area is 194 Å². The van der Waals surface area contributed by atoms with Crippen LogP contribution in [0.4, 0.5) is 13.2 Å². The quantitative estimate of drug-likeness (QED) is 0.515. The van der Waals surface area contributed by atoms with Crippen molar-refractivity contribution in [2.24, 2.45) is 0 Å². The minimum Gasteiger partial charge on any atom is -0.493 e. The molecule has 3 aromatic rings. The van der Waals surface area contributed by atoms with E-state index in [0.717, 1.165) is 29.4 Å². The number of likely N-dealkylation sites (tertiary alicyclic amines) is 1. The second-order valence-electron chi connectivity index (χ2n) is 7.98. The molecule has 34 heavy (non-hydrogen) atoms. The Bertz CT molecular complexity index is 1160. The van der Waals surface area contributed by atoms with E-state index in [1.165, 1.54) is 30.6 Å². The molecule has 0 atom stereocenters. The van der Waals surface area contributed by atoms with Crippen molar-refractivity contribution in [1.29, 1.82) is 0 Å². The van der Waals surface area contributed by atoms with Crippen LogP contribution in [0, 0.1) is 0 Å². The third-order valence-electron chi connectivity index (χ3n) is 5.94. The van der Waals surface area contributed by atoms with Gasteiger partial charge in [-0.3, -0.25) is 9.53 Å². The minimum absolute atomic E-state index is 0.148. The molecule has 0 bridgehead atoms. The van der Waals surface area contributed by atoms with Crippen molar-refractivity contribution < 1.29 is 32.2 Å². The average Bonchev–Trinajstić information content (AvgIpc) is 2.85. The highest BCUT2D eigenvalue weighted by Gasteiger charge is 2.29. The van der Waals surface area contributed by atoms with Gasteiger partial charge in [0.1, 0.15) is 6.33 Å². The van der Waals surface area contributed by atoms with E-state index in [2.05, 4.69) is 14.7 Å². The lowest BCUT2D eigenvalue weighted by molar-refractivity contribution is -0.330. The molecule has 0 N–H and O–H groups in total. The Kier molecular flexibility index (Phi) is 6.87. The average molecular weight is 475 g/mol. The van der Waals surface area contributed by atoms with Crippen LogP contribution in [0.15, 0.2) is 42.7 Å². The third-order valence-corrected chi connectivity index (χ3v) is 5.94. The highest BCUT2D eigenvalue weighted by molar-refractivity contribution is 5.94. The van der Waals surface area contributed by atoms with Crippen LogP contribution < -0.4 is 9.47 Å². The Morgan fingerprint density at radius 2 is 1.68 bits per heavy atom. The number of benzene rings is 2. The number of hydrogen-bond donors (Lipinski definition) is 0. The van der Waals surface area contributed by atoms with E-state index >= 15 is 0 Å². The molecule has 1 saturated heterocycles. The van der Waals surface area contributed by atoms with Gasteiger partial charge in [-0.15, -0.1) is 13.2 Å². The largest absolute Gasteiger partial charge is 0.522 e. The summed E-state index contributed by atoms with van der Waals surface area (Å²) in [5.74, 6) is 1.19. The van der Waals surface area contributed by atoms with Gasteiger partial charge in [0.05, 0.1) is 32.0 Å². The first-order chi connectivity index (χ1) is 16.3. The topological polar surface area (TPSA) is 73.8 Å². The zero-order chi connectivity index (χ0) is 24.3. The zero-order valence-corrected chi connectivity index (χ0v) is 18.8. The van der Waals surface area contributed by atoms with Gasteiger partial charge in [0.25, 0.3) is 5.91 Å². The number of carbonyl (C=O) groups is 1. The maximum Gasteiger partial charge on any atom is 0.522 e. The normalized spacial score (nSPS) is 14.9. The van der Waals surface area contributed by atoms with E-state index < -0.39 is 13.0 Å². The Morgan fingerprint density at radius 3 is 2.29 bits per heavy atom. The second-order valence-corrected chi connectivity index (χ2v) is 7.98. The molecule has 10 heteroatoms. The fraction of sp³-hybridized carbons (Fsp3) is 0.375. The molecule has 1 aromatic heterocycles. The molecule has 180 valence electrons. The summed E-state index contributed by atoms with van der Waals surface area (Å²) in [5.41, 5.74) is 2.44. The summed E-state index contributed by atoms with van der Waals surface area (Å²) in [6.07, 6.45) is -1.70. The lowest BCUT2D eigenvalue weighted by Crippen LogP contribution is -2.38. The molecule has 2 aromatic carbocycles. The molecule has 1 aliphatic rings. The minimum atomic E-state index is -4.69. The van der Waals surface area contributed by atoms with Crippen molar-refractivity contribution in [1.82, 2.24) is 14.9 Å². The van der Waals surface area contributed by atoms with Crippen molar-refractivity contribution in [3.05, 3.63) is 59.5 Å². The molecule has 1 amide bonds. The highest BCUT2D eigenvalue weighted by atomic mass is 19.4. The summed E-state index contributed by atoms with van der Waals surface area (Å²) in [6, 6.07) is 9.70. The first-order valence-electron chi connectivity index (χ1n) is 10.7. The lowest BCUT2D eigenvalue weighted by Gasteiger charge is -2.32. The number of alkyl halides is 3. The molecule has 0 unspecified atom stereocenters. The summed E-state index contributed by atoms with van der Waals surface area (Å²) >= 11 is 0. The molecule has 1 aliphatic heterocycles. The maximum atomic E-state index is 12.9. The number of aromatic nitrogens is 2. The van der Waals surface area contributed by atoms with E-state index in [-0.39, 0.29) is 11.8 Å². The number of carbonyl (C=O) groups excluding carboxylic acids is 1. The lowest BCUT2D eigenvalue weighted by atomic mass is 9.90. The van der Waals surface area contributed by atoms with Crippen molar-refractivity contribution in [3.63, 3.8) is 0 Å². The predicted molar refractivity (Wildman–Crippen MR) is 118 cm³/mol. The molecule has 0 radical (unpaired) electrons. The van der Waals surface area contributed by atoms with Gasteiger partial charge >= 0.3 is 6.36 Å². The first-order valence-corrected chi connectivity index (χ1v) is 10.7. The monoisotopic (exact) mass is 475 g/mol. The van der Waals surface area contributed by atoms with Gasteiger partial charge in [-0.1, -0.05) is 12.1 Å². The van der Waals surface area contributed by atoms with Crippen molar-refractivity contribution in [2.45, 2.75) is 31.7 Å². The molecule has 0 aliphatic carbocycles. The highest BCUT2D eigenvalue weighted by Crippen LogP contribution is 2.36. The van der Waals surface area contributed by atoms with Gasteiger partial charge in [0.15, 0.2) is 11.5 Å². The van der Waals surface area contributed by atoms with E-state index in [0.29, 0.717) is 35.7 Å². The number of methoxy groups -OCH3 is 2. The predicted octanol–water partition coefficient (Wildman–Crippen LogP) is 4.70. The first kappa shape index (κ1) is 23.7. The molecule has 0 saturated carbocycles. The van der Waals surface area contributed by atoms with Crippen LogP contribution in [0.5, 0.6) is 11.5 Å². The van der Waals surface area contributed by atoms with Crippen molar-refractivity contribution >= 4 is 16.8 Å². The van der Waals surface area contributed by atoms with Crippen LogP contribution in [0.25, 0.3) is 10.9 Å². The summed E-state index contributed by atoms with van der Waals surface area (Å²) in [6.45, 7) is 0.495. The number of ether oxygens (including phenoxy) is 3. The van der Waals surface area contributed by atoms with Crippen LogP contribution in [0.2, 0.25) is 0 Å². The van der Waals surface area contributed by atoms with Crippen molar-refractivity contribution in [3.8, 4) is 11.5 Å². The van der Waals surface area contributed by atoms with E-state index in [4.69, 9.17) is 9.47 Å². The molecule has 0 spiro atoms. The fourth-order valence-corrected chi connectivity index (χ4v) is 4.18. The maximum absolute atomic E-state index is 12.9. The second kappa shape index (κ2) is 9.84. The fourth-order valence-electron chi connectivity index (χ4n) is 4.18. The standard InChI is InChI=1S/C24H24F3N3O4/c1-32-20-11-18-19(12-21(20)33-2)28-14-29-22(18)16-7-9-30(10-8-16)23(31)17-5-3-15(4-6-17)13-34-24(25,26)27/h3-6,11-12,14,16H,7-10,13H2,1-2H3. The number of fused-ring (bicyclic) bond motifs is 1. The molecule has 7 nitrogen and oxygen atoms in total. The SMILES string of the molecule is COc1cc2ncnc(C3CCN(C(=O)c4ccc(COC(F)(F)F)cc4)CC3)c2cc1OC. The van der Waals surface area contributed by atoms with E-state index in [1.54, 1.807) is 19.1 Å². The van der Waals surface area contributed by atoms with Gasteiger partial charge in [-0.25, -0.2) is 9.97 Å². The molecular weight excluding hydrogens is 451 g/mol. The van der Waals surface area contributed by atoms with Gasteiger partial charge < -0.3 is 14.4 Å². The van der Waals surface area contributed by atoms with Crippen LogP contribution in [-0.4, -0.2) is 54.4 Å². The van der Waals surface area contributed by atoms with Gasteiger partial charge in [0, 0.05) is 36.0 Å². The third kappa shape index (κ3) is 5.22. The molecule has 2 heterocycles. The number of halogens is 3. The van der Waals surface area contributed by atoms with E-state index in [9.17, 15) is 18.0 Å². The number of amides is 1. The summed E-state index contributed by atoms with van der Waals surface area (Å²) in [7, 11) is 3.15. The van der Waals surface area contributed by atoms with Gasteiger partial charge in [-0.05, 0) is 36.6 Å². The molecule has 1 fully saturated rings. The summed E-state index contributed by atoms with van der Waals surface area (Å²) < 4.78 is 51.2. The summed E-state index contributed by atoms with van der Waals surface area (Å²) in [5, 5.41) is 0.890. The van der Waals surface area contributed by atoms with Crippen LogP contribution >= 0.6 is 0 Å². The summed E-state index contributed by atoms with van der Waals surface area (Å²) in [4.78, 5) is 23.5. The van der Waals surface area contributed by atoms with Crippen LogP contribution in [0.1, 0.15) is 40.4 Å². The smallest absolute Gasteiger partial charge is 0.493 e. The van der Waals surface area contributed by atoms with Crippen LogP contribution in [-0.2, 0) is 11.3 Å². The van der Waals surface area contributed by atoms with Gasteiger partial charge in [0.2, 0.25) is 0 Å². The number of rotatable bonds is 6.